The van der Waals surface area contributed by atoms with E-state index in [2.05, 4.69) is 22.0 Å². The van der Waals surface area contributed by atoms with E-state index in [9.17, 15) is 9.59 Å². The van der Waals surface area contributed by atoms with E-state index in [0.29, 0.717) is 26.2 Å². The lowest BCUT2D eigenvalue weighted by Crippen LogP contribution is -2.31. The van der Waals surface area contributed by atoms with E-state index in [1.54, 1.807) is 16.2 Å². The molecule has 1 aromatic heterocycles. The molecular formula is C17H20N4O2S. The first-order chi connectivity index (χ1) is 11.7. The predicted octanol–water partition coefficient (Wildman–Crippen LogP) is 2.64. The minimum atomic E-state index is -0.232. The number of nitrogens with one attached hydrogen (secondary N) is 3. The van der Waals surface area contributed by atoms with Crippen molar-refractivity contribution in [3.8, 4) is 0 Å². The molecule has 3 N–H and O–H groups in total. The minimum absolute atomic E-state index is 0.0646. The van der Waals surface area contributed by atoms with Gasteiger partial charge >= 0.3 is 12.1 Å². The van der Waals surface area contributed by atoms with Crippen molar-refractivity contribution in [3.05, 3.63) is 52.2 Å². The molecule has 7 heteroatoms. The molecule has 0 bridgehead atoms. The quantitative estimate of drug-likeness (QED) is 0.754. The minimum Gasteiger partial charge on any atom is -0.338 e. The molecule has 1 aromatic carbocycles. The Morgan fingerprint density at radius 3 is 2.88 bits per heavy atom. The Morgan fingerprint density at radius 1 is 1.25 bits per heavy atom. The van der Waals surface area contributed by atoms with Crippen LogP contribution in [0.1, 0.15) is 10.4 Å². The number of carbonyl (C=O) groups excluding carboxylic acids is 2. The van der Waals surface area contributed by atoms with Gasteiger partial charge in [0.05, 0.1) is 0 Å². The third-order valence-corrected chi connectivity index (χ3v) is 4.75. The molecule has 0 atom stereocenters. The van der Waals surface area contributed by atoms with Crippen LogP contribution in [0.4, 0.5) is 15.3 Å². The van der Waals surface area contributed by atoms with Crippen LogP contribution < -0.4 is 16.0 Å². The fourth-order valence-corrected chi connectivity index (χ4v) is 3.28. The van der Waals surface area contributed by atoms with Gasteiger partial charge in [-0.3, -0.25) is 0 Å². The number of hydrogen-bond donors (Lipinski definition) is 3. The molecule has 0 unspecified atom stereocenters. The number of carbonyl (C=O) groups is 2. The first-order valence-corrected chi connectivity index (χ1v) is 8.78. The zero-order chi connectivity index (χ0) is 16.8. The molecule has 1 saturated heterocycles. The van der Waals surface area contributed by atoms with Crippen LogP contribution in [0.15, 0.2) is 41.8 Å². The lowest BCUT2D eigenvalue weighted by molar-refractivity contribution is 0.215. The van der Waals surface area contributed by atoms with Crippen molar-refractivity contribution in [2.45, 2.75) is 13.0 Å². The Hall–Kier alpha value is -2.54. The summed E-state index contributed by atoms with van der Waals surface area (Å²) in [6.07, 6.45) is 0.820. The Bertz CT molecular complexity index is 702. The molecule has 2 heterocycles. The summed E-state index contributed by atoms with van der Waals surface area (Å²) in [7, 11) is 0. The van der Waals surface area contributed by atoms with Crippen LogP contribution in [0.2, 0.25) is 0 Å². The summed E-state index contributed by atoms with van der Waals surface area (Å²) < 4.78 is 0. The normalized spacial score (nSPS) is 13.7. The molecule has 0 aliphatic carbocycles. The van der Waals surface area contributed by atoms with Gasteiger partial charge in [0.25, 0.3) is 0 Å². The van der Waals surface area contributed by atoms with E-state index in [0.717, 1.165) is 17.7 Å². The number of nitrogens with zero attached hydrogens (tertiary/aromatic N) is 1. The summed E-state index contributed by atoms with van der Waals surface area (Å²) in [6.45, 7) is 2.42. The molecular weight excluding hydrogens is 324 g/mol. The number of para-hydroxylation sites is 1. The summed E-state index contributed by atoms with van der Waals surface area (Å²) in [5.74, 6) is 0. The highest BCUT2D eigenvalue weighted by Gasteiger charge is 2.20. The molecule has 1 aliphatic rings. The second kappa shape index (κ2) is 7.83. The summed E-state index contributed by atoms with van der Waals surface area (Å²) in [4.78, 5) is 26.7. The van der Waals surface area contributed by atoms with Gasteiger partial charge in [0.2, 0.25) is 0 Å². The molecule has 126 valence electrons. The summed E-state index contributed by atoms with van der Waals surface area (Å²) >= 11 is 1.68. The van der Waals surface area contributed by atoms with E-state index in [1.807, 2.05) is 35.7 Å². The van der Waals surface area contributed by atoms with E-state index in [4.69, 9.17) is 0 Å². The number of benzene rings is 1. The van der Waals surface area contributed by atoms with Gasteiger partial charge in [-0.05, 0) is 29.5 Å². The number of anilines is 1. The fourth-order valence-electron chi connectivity index (χ4n) is 2.57. The van der Waals surface area contributed by atoms with Gasteiger partial charge in [-0.1, -0.05) is 24.3 Å². The Balaban J connectivity index is 1.54. The fraction of sp³-hybridized carbons (Fsp3) is 0.294. The van der Waals surface area contributed by atoms with Crippen molar-refractivity contribution >= 4 is 29.1 Å². The van der Waals surface area contributed by atoms with Crippen LogP contribution in [0.25, 0.3) is 0 Å². The van der Waals surface area contributed by atoms with Crippen LogP contribution in [0.3, 0.4) is 0 Å². The average Bonchev–Trinajstić information content (AvgIpc) is 3.22. The van der Waals surface area contributed by atoms with E-state index >= 15 is 0 Å². The van der Waals surface area contributed by atoms with Crippen LogP contribution in [-0.4, -0.2) is 36.6 Å². The highest BCUT2D eigenvalue weighted by atomic mass is 32.1. The summed E-state index contributed by atoms with van der Waals surface area (Å²) in [5, 5.41) is 10.5. The summed E-state index contributed by atoms with van der Waals surface area (Å²) in [5.41, 5.74) is 1.65. The largest absolute Gasteiger partial charge is 0.338 e. The highest BCUT2D eigenvalue weighted by Crippen LogP contribution is 2.18. The maximum Gasteiger partial charge on any atom is 0.319 e. The number of rotatable bonds is 6. The molecule has 1 aliphatic heterocycles. The molecule has 0 spiro atoms. The zero-order valence-corrected chi connectivity index (χ0v) is 14.1. The Kier molecular flexibility index (Phi) is 5.32. The molecule has 2 aromatic rings. The molecule has 3 rings (SSSR count). The number of urea groups is 2. The van der Waals surface area contributed by atoms with Crippen LogP contribution in [-0.2, 0) is 13.0 Å². The maximum absolute atomic E-state index is 12.1. The first kappa shape index (κ1) is 16.3. The van der Waals surface area contributed by atoms with Crippen molar-refractivity contribution in [1.29, 1.82) is 0 Å². The van der Waals surface area contributed by atoms with Crippen molar-refractivity contribution in [3.63, 3.8) is 0 Å². The van der Waals surface area contributed by atoms with Gasteiger partial charge in [0.1, 0.15) is 0 Å². The van der Waals surface area contributed by atoms with Gasteiger partial charge < -0.3 is 20.9 Å². The van der Waals surface area contributed by atoms with Crippen LogP contribution in [0, 0.1) is 0 Å². The second-order valence-corrected chi connectivity index (χ2v) is 6.55. The molecule has 0 radical (unpaired) electrons. The molecule has 4 amide bonds. The van der Waals surface area contributed by atoms with E-state index in [-0.39, 0.29) is 12.1 Å². The van der Waals surface area contributed by atoms with Crippen molar-refractivity contribution in [1.82, 2.24) is 15.5 Å². The standard InChI is InChI=1S/C17H20N4O2S/c22-16(18-8-7-14-5-3-11-24-14)20-15-6-2-1-4-13(15)12-21-10-9-19-17(21)23/h1-6,11H,7-10,12H2,(H,19,23)(H2,18,20,22). The first-order valence-electron chi connectivity index (χ1n) is 7.90. The number of amides is 4. The second-order valence-electron chi connectivity index (χ2n) is 5.52. The lowest BCUT2D eigenvalue weighted by Gasteiger charge is -2.17. The van der Waals surface area contributed by atoms with Gasteiger partial charge in [0.15, 0.2) is 0 Å². The third kappa shape index (κ3) is 4.26. The Morgan fingerprint density at radius 2 is 2.12 bits per heavy atom. The number of thiophene rings is 1. The van der Waals surface area contributed by atoms with Crippen molar-refractivity contribution < 1.29 is 9.59 Å². The van der Waals surface area contributed by atoms with Gasteiger partial charge in [-0.15, -0.1) is 11.3 Å². The SMILES string of the molecule is O=C(NCCc1cccs1)Nc1ccccc1CN1CCNC1=O. The Labute approximate surface area is 144 Å². The maximum atomic E-state index is 12.1. The highest BCUT2D eigenvalue weighted by molar-refractivity contribution is 7.09. The summed E-state index contributed by atoms with van der Waals surface area (Å²) in [6, 6.07) is 11.3. The van der Waals surface area contributed by atoms with Crippen molar-refractivity contribution in [2.24, 2.45) is 0 Å². The average molecular weight is 344 g/mol. The van der Waals surface area contributed by atoms with Gasteiger partial charge in [0, 0.05) is 36.7 Å². The molecule has 0 saturated carbocycles. The monoisotopic (exact) mass is 344 g/mol. The topological polar surface area (TPSA) is 73.5 Å². The predicted molar refractivity (Wildman–Crippen MR) is 95.3 cm³/mol. The zero-order valence-electron chi connectivity index (χ0n) is 13.2. The van der Waals surface area contributed by atoms with E-state index < -0.39 is 0 Å². The van der Waals surface area contributed by atoms with E-state index in [1.165, 1.54) is 4.88 Å². The molecule has 24 heavy (non-hydrogen) atoms. The third-order valence-electron chi connectivity index (χ3n) is 3.81. The number of hydrogen-bond acceptors (Lipinski definition) is 3. The van der Waals surface area contributed by atoms with Gasteiger partial charge in [-0.2, -0.15) is 0 Å². The van der Waals surface area contributed by atoms with Gasteiger partial charge in [-0.25, -0.2) is 9.59 Å². The van der Waals surface area contributed by atoms with Crippen LogP contribution in [0.5, 0.6) is 0 Å². The van der Waals surface area contributed by atoms with Crippen LogP contribution >= 0.6 is 11.3 Å². The lowest BCUT2D eigenvalue weighted by atomic mass is 10.1. The smallest absolute Gasteiger partial charge is 0.319 e. The molecule has 6 nitrogen and oxygen atoms in total. The molecule has 1 fully saturated rings. The van der Waals surface area contributed by atoms with Crippen molar-refractivity contribution in [2.75, 3.05) is 25.0 Å².